The van der Waals surface area contributed by atoms with Gasteiger partial charge in [0.1, 0.15) is 6.04 Å². The first-order valence-corrected chi connectivity index (χ1v) is 8.88. The van der Waals surface area contributed by atoms with E-state index in [1.54, 1.807) is 11.0 Å². The largest absolute Gasteiger partial charge is 0.317 e. The lowest BCUT2D eigenvalue weighted by atomic mass is 10.0. The Morgan fingerprint density at radius 3 is 2.04 bits per heavy atom. The average Bonchev–Trinajstić information content (AvgIpc) is 2.75. The number of nitrogens with zero attached hydrogens (tertiary/aromatic N) is 1. The molecule has 0 aliphatic rings. The van der Waals surface area contributed by atoms with Crippen molar-refractivity contribution in [2.45, 2.75) is 6.04 Å². The summed E-state index contributed by atoms with van der Waals surface area (Å²) in [5.41, 5.74) is 2.54. The number of rotatable bonds is 5. The number of carbonyl (C=O) groups excluding carboxylic acids is 1. The Labute approximate surface area is 160 Å². The van der Waals surface area contributed by atoms with Gasteiger partial charge in [-0.15, -0.1) is 6.58 Å². The lowest BCUT2D eigenvalue weighted by Crippen LogP contribution is -2.34. The minimum Gasteiger partial charge on any atom is -0.317 e. The van der Waals surface area contributed by atoms with E-state index in [4.69, 9.17) is 0 Å². The van der Waals surface area contributed by atoms with Crippen molar-refractivity contribution in [3.05, 3.63) is 120 Å². The summed E-state index contributed by atoms with van der Waals surface area (Å²) in [6, 6.07) is 28.6. The second-order valence-corrected chi connectivity index (χ2v) is 6.06. The Kier molecular flexibility index (Phi) is 6.22. The van der Waals surface area contributed by atoms with Crippen LogP contribution in [0.2, 0.25) is 0 Å². The first-order valence-electron chi connectivity index (χ1n) is 8.88. The SMILES string of the molecule is C=CCN(C(=O)c1ccccc1)C(C#Cc1ccccc1)c1ccccc1. The maximum absolute atomic E-state index is 13.2. The molecule has 3 rings (SSSR count). The first kappa shape index (κ1) is 18.2. The van der Waals surface area contributed by atoms with Crippen molar-refractivity contribution in [2.24, 2.45) is 0 Å². The van der Waals surface area contributed by atoms with Gasteiger partial charge in [0.2, 0.25) is 0 Å². The third-order valence-electron chi connectivity index (χ3n) is 4.16. The fourth-order valence-corrected chi connectivity index (χ4v) is 2.84. The standard InChI is InChI=1S/C25H21NO/c1-2-20-26(25(27)23-16-10-5-11-17-23)24(22-14-8-4-9-15-22)19-18-21-12-6-3-7-13-21/h2-17,24H,1,20H2. The number of hydrogen-bond donors (Lipinski definition) is 0. The van der Waals surface area contributed by atoms with E-state index >= 15 is 0 Å². The van der Waals surface area contributed by atoms with Crippen molar-refractivity contribution >= 4 is 5.91 Å². The van der Waals surface area contributed by atoms with Crippen LogP contribution >= 0.6 is 0 Å². The monoisotopic (exact) mass is 351 g/mol. The maximum Gasteiger partial charge on any atom is 0.255 e. The number of carbonyl (C=O) groups is 1. The molecular formula is C25H21NO. The third kappa shape index (κ3) is 4.74. The number of amides is 1. The van der Waals surface area contributed by atoms with E-state index in [1.165, 1.54) is 0 Å². The summed E-state index contributed by atoms with van der Waals surface area (Å²) in [6.45, 7) is 4.24. The van der Waals surface area contributed by atoms with Crippen LogP contribution in [0.15, 0.2) is 104 Å². The fourth-order valence-electron chi connectivity index (χ4n) is 2.84. The second-order valence-electron chi connectivity index (χ2n) is 6.06. The lowest BCUT2D eigenvalue weighted by molar-refractivity contribution is 0.0739. The third-order valence-corrected chi connectivity index (χ3v) is 4.16. The van der Waals surface area contributed by atoms with Gasteiger partial charge in [0.25, 0.3) is 5.91 Å². The molecule has 0 aromatic heterocycles. The zero-order chi connectivity index (χ0) is 18.9. The van der Waals surface area contributed by atoms with Gasteiger partial charge >= 0.3 is 0 Å². The quantitative estimate of drug-likeness (QED) is 0.462. The van der Waals surface area contributed by atoms with Crippen molar-refractivity contribution in [1.82, 2.24) is 4.90 Å². The smallest absolute Gasteiger partial charge is 0.255 e. The Bertz CT molecular complexity index is 937. The highest BCUT2D eigenvalue weighted by Gasteiger charge is 2.23. The molecule has 0 saturated heterocycles. The summed E-state index contributed by atoms with van der Waals surface area (Å²) in [6.07, 6.45) is 1.74. The molecule has 1 atom stereocenters. The van der Waals surface area contributed by atoms with Crippen LogP contribution in [0.3, 0.4) is 0 Å². The van der Waals surface area contributed by atoms with Crippen molar-refractivity contribution in [1.29, 1.82) is 0 Å². The Morgan fingerprint density at radius 1 is 0.889 bits per heavy atom. The summed E-state index contributed by atoms with van der Waals surface area (Å²) < 4.78 is 0. The van der Waals surface area contributed by atoms with Gasteiger partial charge in [-0.25, -0.2) is 0 Å². The molecule has 2 nitrogen and oxygen atoms in total. The minimum absolute atomic E-state index is 0.0632. The van der Waals surface area contributed by atoms with Crippen molar-refractivity contribution in [3.63, 3.8) is 0 Å². The van der Waals surface area contributed by atoms with Crippen LogP contribution in [0.4, 0.5) is 0 Å². The minimum atomic E-state index is -0.364. The summed E-state index contributed by atoms with van der Waals surface area (Å²) in [4.78, 5) is 14.9. The summed E-state index contributed by atoms with van der Waals surface area (Å²) in [5, 5.41) is 0. The second kappa shape index (κ2) is 9.22. The van der Waals surface area contributed by atoms with Crippen molar-refractivity contribution < 1.29 is 4.79 Å². The number of benzene rings is 3. The van der Waals surface area contributed by atoms with Gasteiger partial charge in [-0.1, -0.05) is 84.6 Å². The molecule has 0 N–H and O–H groups in total. The van der Waals surface area contributed by atoms with E-state index in [0.717, 1.165) is 11.1 Å². The molecule has 132 valence electrons. The zero-order valence-corrected chi connectivity index (χ0v) is 15.1. The van der Waals surface area contributed by atoms with E-state index in [2.05, 4.69) is 18.4 Å². The van der Waals surface area contributed by atoms with Gasteiger partial charge < -0.3 is 4.90 Å². The molecule has 0 saturated carbocycles. The van der Waals surface area contributed by atoms with Gasteiger partial charge in [-0.2, -0.15) is 0 Å². The molecule has 0 aliphatic carbocycles. The molecular weight excluding hydrogens is 330 g/mol. The topological polar surface area (TPSA) is 20.3 Å². The van der Waals surface area contributed by atoms with Crippen molar-refractivity contribution in [2.75, 3.05) is 6.54 Å². The van der Waals surface area contributed by atoms with E-state index in [1.807, 2.05) is 91.0 Å². The van der Waals surface area contributed by atoms with E-state index in [0.29, 0.717) is 12.1 Å². The molecule has 27 heavy (non-hydrogen) atoms. The summed E-state index contributed by atoms with van der Waals surface area (Å²) in [7, 11) is 0. The van der Waals surface area contributed by atoms with E-state index in [9.17, 15) is 4.79 Å². The molecule has 0 bridgehead atoms. The zero-order valence-electron chi connectivity index (χ0n) is 15.1. The Morgan fingerprint density at radius 2 is 1.44 bits per heavy atom. The predicted octanol–water partition coefficient (Wildman–Crippen LogP) is 5.11. The molecule has 2 heteroatoms. The highest BCUT2D eigenvalue weighted by Crippen LogP contribution is 2.22. The molecule has 0 heterocycles. The number of hydrogen-bond acceptors (Lipinski definition) is 1. The van der Waals surface area contributed by atoms with Gasteiger partial charge in [-0.05, 0) is 29.8 Å². The normalized spacial score (nSPS) is 11.0. The highest BCUT2D eigenvalue weighted by atomic mass is 16.2. The van der Waals surface area contributed by atoms with Crippen LogP contribution in [-0.2, 0) is 0 Å². The highest BCUT2D eigenvalue weighted by molar-refractivity contribution is 5.94. The van der Waals surface area contributed by atoms with Crippen LogP contribution in [0.25, 0.3) is 0 Å². The molecule has 0 aliphatic heterocycles. The van der Waals surface area contributed by atoms with Crippen LogP contribution in [0.5, 0.6) is 0 Å². The van der Waals surface area contributed by atoms with Crippen LogP contribution in [0.1, 0.15) is 27.5 Å². The predicted molar refractivity (Wildman–Crippen MR) is 110 cm³/mol. The molecule has 0 spiro atoms. The molecule has 0 fully saturated rings. The Balaban J connectivity index is 2.02. The van der Waals surface area contributed by atoms with Crippen LogP contribution in [-0.4, -0.2) is 17.4 Å². The van der Waals surface area contributed by atoms with Gasteiger partial charge in [0.05, 0.1) is 0 Å². The molecule has 3 aromatic rings. The Hall–Kier alpha value is -3.57. The lowest BCUT2D eigenvalue weighted by Gasteiger charge is -2.28. The summed E-state index contributed by atoms with van der Waals surface area (Å²) >= 11 is 0. The van der Waals surface area contributed by atoms with Crippen molar-refractivity contribution in [3.8, 4) is 11.8 Å². The maximum atomic E-state index is 13.2. The van der Waals surface area contributed by atoms with Gasteiger partial charge in [0.15, 0.2) is 0 Å². The van der Waals surface area contributed by atoms with Crippen LogP contribution < -0.4 is 0 Å². The molecule has 1 amide bonds. The fraction of sp³-hybridized carbons (Fsp3) is 0.0800. The van der Waals surface area contributed by atoms with E-state index in [-0.39, 0.29) is 11.9 Å². The van der Waals surface area contributed by atoms with Gasteiger partial charge in [-0.3, -0.25) is 4.79 Å². The van der Waals surface area contributed by atoms with E-state index < -0.39 is 0 Å². The molecule has 3 aromatic carbocycles. The molecule has 1 unspecified atom stereocenters. The average molecular weight is 351 g/mol. The van der Waals surface area contributed by atoms with Crippen LogP contribution in [0, 0.1) is 11.8 Å². The summed E-state index contributed by atoms with van der Waals surface area (Å²) in [5.74, 6) is 6.44. The first-order chi connectivity index (χ1) is 13.3. The van der Waals surface area contributed by atoms with Gasteiger partial charge in [0, 0.05) is 17.7 Å². The molecule has 0 radical (unpaired) electrons.